The zero-order valence-electron chi connectivity index (χ0n) is 69.6. The molecule has 0 unspecified atom stereocenters. The molecule has 0 amide bonds. The van der Waals surface area contributed by atoms with E-state index in [1.165, 1.54) is 191 Å². The first-order chi connectivity index (χ1) is 59.3. The number of thiophene rings is 4. The van der Waals surface area contributed by atoms with Gasteiger partial charge in [-0.15, -0.1) is 186 Å². The van der Waals surface area contributed by atoms with Gasteiger partial charge in [0, 0.05) is 203 Å². The Morgan fingerprint density at radius 1 is 0.325 bits per heavy atom. The summed E-state index contributed by atoms with van der Waals surface area (Å²) in [6.45, 7) is 14.9. The molecule has 8 nitrogen and oxygen atoms in total. The van der Waals surface area contributed by atoms with E-state index in [1.54, 1.807) is 0 Å². The molecular weight excluding hydrogens is 2370 g/mol. The van der Waals surface area contributed by atoms with Crippen LogP contribution in [0.5, 0.6) is 0 Å². The maximum absolute atomic E-state index is 10.0. The van der Waals surface area contributed by atoms with E-state index in [-0.39, 0.29) is 109 Å². The summed E-state index contributed by atoms with van der Waals surface area (Å²) in [6, 6.07) is 120. The molecule has 0 saturated carbocycles. The van der Waals surface area contributed by atoms with Crippen LogP contribution in [0.15, 0.2) is 340 Å². The Kier molecular flexibility index (Phi) is 26.6. The number of aliphatic hydroxyl groups is 2. The fourth-order valence-electron chi connectivity index (χ4n) is 18.8. The standard InChI is InChI=1S/C36H20NS2.C35H20NS2Si.C14H12N.C13H12NSi.2C5H8O2.4Ir/c1-4-11-29-26(10-1)35-30(12-7-19-37-35)36(29,22-15-17-33-27(20-22)24-8-2-5-13-31(24)38-33)23-16-18-34-28(21-23)25-9-3-6-14-32(25)39-34;1-4-11-29-24(8-1)27-20-22(15-17-31(27)37-29)39(33-13-6-3-10-26(33)35-34(39)14-7-19-36-35)23-16-18-32-28(21-23)25-9-2-5-12-30(25)38-32;1-14(2)11-7-4-3-6-10(11)13-12(14)8-5-9-15-13;1-15(2)11-7-4-3-6-10(11)13-12(15)8-5-9-14-13;2*1-4(6)3-5(2)7;;;;/h2*1-9,11-21H;2*3-5,7-9H,1-2H3;2*3,6H,1-2H3;;;;/q4*-1;;;;;;. The van der Waals surface area contributed by atoms with Crippen LogP contribution in [0.3, 0.4) is 0 Å². The SMILES string of the molecule is CC(=O)C=C(C)O.CC(=O)C=C(C)O.CC1(C)c2ccc[c-]c2-c2ncccc21.C[Si]1(C)c2ccc[c-]c2-c2ncccc21.[Ir].[Ir].[Ir].[Ir].[c-]1cccc2c1-c1ncccc1C2(c1ccc2sc3ccccc3c2c1)c1ccc2sc3ccccc3c2c1.[c-]1cccc2c1-c1ncccc1[Si]2(c1ccc2sc3ccccc3c2c1)c1ccc2sc3ccccc3c2c1. The van der Waals surface area contributed by atoms with Crippen LogP contribution in [-0.4, -0.2) is 57.9 Å². The molecule has 628 valence electrons. The number of aliphatic hydroxyl groups excluding tert-OH is 2. The third kappa shape index (κ3) is 15.8. The molecule has 0 fully saturated rings. The largest absolute Gasteiger partial charge is 0.512 e. The second-order valence-electron chi connectivity index (χ2n) is 32.2. The Morgan fingerprint density at radius 3 is 1.10 bits per heavy atom. The van der Waals surface area contributed by atoms with Gasteiger partial charge in [-0.1, -0.05) is 192 Å². The summed E-state index contributed by atoms with van der Waals surface area (Å²) in [4.78, 5) is 38.9. The van der Waals surface area contributed by atoms with Crippen molar-refractivity contribution in [2.75, 3.05) is 0 Å². The number of pyridine rings is 4. The third-order valence-electron chi connectivity index (χ3n) is 24.0. The van der Waals surface area contributed by atoms with Gasteiger partial charge in [0.2, 0.25) is 0 Å². The third-order valence-corrected chi connectivity index (χ3v) is 36.9. The first kappa shape index (κ1) is 90.4. The van der Waals surface area contributed by atoms with E-state index in [2.05, 4.69) is 310 Å². The van der Waals surface area contributed by atoms with Gasteiger partial charge < -0.3 is 30.1 Å². The number of carbonyl (C=O) groups is 2. The smallest absolute Gasteiger partial charge is 0.155 e. The summed E-state index contributed by atoms with van der Waals surface area (Å²) in [5, 5.41) is 35.8. The summed E-state index contributed by atoms with van der Waals surface area (Å²) < 4.78 is 10.7. The fraction of sp³-hybridized carbons (Fsp3) is 0.0926. The van der Waals surface area contributed by atoms with Crippen LogP contribution in [0.4, 0.5) is 0 Å². The molecule has 2 aliphatic carbocycles. The van der Waals surface area contributed by atoms with Crippen LogP contribution in [0, 0.1) is 24.3 Å². The molecular formula is C108H80Ir4N4O4S4Si2-4. The monoisotopic (exact) mass is 2450 g/mol. The van der Waals surface area contributed by atoms with Gasteiger partial charge in [-0.3, -0.25) is 9.59 Å². The van der Waals surface area contributed by atoms with Crippen LogP contribution < -0.4 is 31.1 Å². The van der Waals surface area contributed by atoms with Gasteiger partial charge in [-0.05, 0) is 152 Å². The van der Waals surface area contributed by atoms with Crippen LogP contribution in [0.1, 0.15) is 74.9 Å². The Bertz CT molecular complexity index is 6810. The van der Waals surface area contributed by atoms with E-state index in [1.807, 2.05) is 113 Å². The number of carbonyl (C=O) groups excluding carboxylic acids is 2. The first-order valence-corrected chi connectivity index (χ1v) is 48.9. The minimum Gasteiger partial charge on any atom is -0.512 e. The van der Waals surface area contributed by atoms with Crippen molar-refractivity contribution in [1.82, 2.24) is 19.9 Å². The van der Waals surface area contributed by atoms with Gasteiger partial charge in [-0.2, -0.15) is 0 Å². The molecule has 0 atom stereocenters. The van der Waals surface area contributed by atoms with Crippen molar-refractivity contribution in [3.63, 3.8) is 0 Å². The molecule has 20 aromatic rings. The minimum absolute atomic E-state index is 0. The zero-order valence-corrected chi connectivity index (χ0v) is 84.5. The van der Waals surface area contributed by atoms with E-state index < -0.39 is 21.6 Å². The van der Waals surface area contributed by atoms with Crippen molar-refractivity contribution in [3.05, 3.63) is 397 Å². The summed E-state index contributed by atoms with van der Waals surface area (Å²) in [7, 11) is -4.14. The Balaban J connectivity index is 0.000000130. The summed E-state index contributed by atoms with van der Waals surface area (Å²) in [6.07, 6.45) is 9.90. The Morgan fingerprint density at radius 2 is 0.651 bits per heavy atom. The predicted molar refractivity (Wildman–Crippen MR) is 518 cm³/mol. The van der Waals surface area contributed by atoms with Gasteiger partial charge in [0.05, 0.1) is 19.6 Å². The van der Waals surface area contributed by atoms with E-state index >= 15 is 0 Å². The molecule has 0 bridgehead atoms. The number of nitrogens with zero attached hydrogens (tertiary/aromatic N) is 4. The number of rotatable bonds is 6. The second kappa shape index (κ2) is 37.1. The van der Waals surface area contributed by atoms with Crippen LogP contribution >= 0.6 is 45.3 Å². The molecule has 0 saturated heterocycles. The van der Waals surface area contributed by atoms with Crippen molar-refractivity contribution in [1.29, 1.82) is 0 Å². The molecule has 24 rings (SSSR count). The van der Waals surface area contributed by atoms with E-state index in [0.29, 0.717) is 0 Å². The topological polar surface area (TPSA) is 126 Å². The predicted octanol–water partition coefficient (Wildman–Crippen LogP) is 23.9. The zero-order chi connectivity index (χ0) is 83.8. The number of aromatic nitrogens is 4. The Hall–Kier alpha value is -10.4. The molecule has 2 aliphatic heterocycles. The summed E-state index contributed by atoms with van der Waals surface area (Å²) in [5.41, 5.74) is 16.2. The maximum Gasteiger partial charge on any atom is 0.155 e. The molecule has 8 aromatic heterocycles. The molecule has 4 radical (unpaired) electrons. The average Bonchev–Trinajstić information content (AvgIpc) is 1.53. The van der Waals surface area contributed by atoms with Gasteiger partial charge in [0.15, 0.2) is 11.6 Å². The summed E-state index contributed by atoms with van der Waals surface area (Å²) in [5.74, 6) is -0.125. The van der Waals surface area contributed by atoms with Crippen LogP contribution in [-0.2, 0) is 101 Å². The molecule has 2 N–H and O–H groups in total. The maximum atomic E-state index is 10.0. The minimum atomic E-state index is -2.67. The number of ketones is 2. The van der Waals surface area contributed by atoms with Gasteiger partial charge in [0.1, 0.15) is 8.07 Å². The normalized spacial score (nSPS) is 13.6. The number of hydrogen-bond acceptors (Lipinski definition) is 12. The fourth-order valence-corrected chi connectivity index (χ4v) is 31.1. The van der Waals surface area contributed by atoms with Crippen molar-refractivity contribution in [2.24, 2.45) is 0 Å². The van der Waals surface area contributed by atoms with Gasteiger partial charge in [0.25, 0.3) is 0 Å². The van der Waals surface area contributed by atoms with Crippen molar-refractivity contribution in [3.8, 4) is 45.0 Å². The number of hydrogen-bond donors (Lipinski definition) is 2. The van der Waals surface area contributed by atoms with Gasteiger partial charge >= 0.3 is 0 Å². The number of benzene rings is 12. The van der Waals surface area contributed by atoms with Gasteiger partial charge in [-0.25, -0.2) is 0 Å². The number of fused-ring (bicyclic) bond motifs is 24. The molecule has 10 heterocycles. The quantitative estimate of drug-likeness (QED) is 0.0730. The molecule has 0 spiro atoms. The molecule has 12 aromatic carbocycles. The van der Waals surface area contributed by atoms with E-state index in [0.717, 1.165) is 39.5 Å². The average molecular weight is 2450 g/mol. The molecule has 18 heteroatoms. The van der Waals surface area contributed by atoms with E-state index in [4.69, 9.17) is 20.2 Å². The van der Waals surface area contributed by atoms with Crippen molar-refractivity contribution < 1.29 is 100 Å². The number of allylic oxidation sites excluding steroid dienone is 4. The van der Waals surface area contributed by atoms with Crippen LogP contribution in [0.2, 0.25) is 13.1 Å². The van der Waals surface area contributed by atoms with Crippen molar-refractivity contribution >= 4 is 185 Å². The second-order valence-corrected chi connectivity index (χ2v) is 44.6. The van der Waals surface area contributed by atoms with Crippen molar-refractivity contribution in [2.45, 2.75) is 65.5 Å². The van der Waals surface area contributed by atoms with E-state index in [9.17, 15) is 9.59 Å². The first-order valence-electron chi connectivity index (χ1n) is 40.6. The Labute approximate surface area is 804 Å². The van der Waals surface area contributed by atoms with Crippen LogP contribution in [0.25, 0.3) is 126 Å². The molecule has 126 heavy (non-hydrogen) atoms. The molecule has 4 aliphatic rings. The summed E-state index contributed by atoms with van der Waals surface area (Å²) >= 11 is 7.50.